The van der Waals surface area contributed by atoms with Crippen LogP contribution in [0.2, 0.25) is 0 Å². The van der Waals surface area contributed by atoms with Crippen molar-refractivity contribution in [1.29, 1.82) is 0 Å². The van der Waals surface area contributed by atoms with Gasteiger partial charge in [-0.05, 0) is 26.2 Å². The highest BCUT2D eigenvalue weighted by atomic mass is 35.5. The molecule has 1 heterocycles. The molecule has 0 aliphatic carbocycles. The number of ether oxygens (including phenoxy) is 1. The van der Waals surface area contributed by atoms with Crippen LogP contribution < -0.4 is 5.32 Å². The van der Waals surface area contributed by atoms with Crippen molar-refractivity contribution < 1.29 is 9.53 Å². The van der Waals surface area contributed by atoms with Gasteiger partial charge in [-0.15, -0.1) is 11.6 Å². The monoisotopic (exact) mass is 233 g/mol. The van der Waals surface area contributed by atoms with E-state index in [1.807, 2.05) is 6.92 Å². The number of carbonyl (C=O) groups is 1. The number of carbonyl (C=O) groups excluding carboxylic acids is 1. The van der Waals surface area contributed by atoms with E-state index in [9.17, 15) is 4.79 Å². The Morgan fingerprint density at radius 1 is 1.47 bits per heavy atom. The number of nitrogens with one attached hydrogen (secondary N) is 1. The molecule has 0 aromatic carbocycles. The van der Waals surface area contributed by atoms with Crippen molar-refractivity contribution in [2.24, 2.45) is 5.92 Å². The van der Waals surface area contributed by atoms with Crippen LogP contribution in [0.3, 0.4) is 0 Å². The molecule has 1 amide bonds. The quantitative estimate of drug-likeness (QED) is 0.563. The normalized spacial score (nSPS) is 25.5. The summed E-state index contributed by atoms with van der Waals surface area (Å²) >= 11 is 5.56. The summed E-state index contributed by atoms with van der Waals surface area (Å²) in [5.41, 5.74) is 0. The van der Waals surface area contributed by atoms with Crippen LogP contribution in [0.15, 0.2) is 0 Å². The van der Waals surface area contributed by atoms with Gasteiger partial charge in [0, 0.05) is 19.0 Å². The van der Waals surface area contributed by atoms with Gasteiger partial charge in [-0.25, -0.2) is 0 Å². The minimum atomic E-state index is 0.0537. The second-order valence-corrected chi connectivity index (χ2v) is 4.39. The number of halogens is 1. The molecule has 0 aromatic heterocycles. The first-order chi connectivity index (χ1) is 7.25. The number of amides is 1. The molecule has 1 rings (SSSR count). The lowest BCUT2D eigenvalue weighted by Gasteiger charge is -2.13. The molecule has 88 valence electrons. The van der Waals surface area contributed by atoms with E-state index in [4.69, 9.17) is 16.3 Å². The van der Waals surface area contributed by atoms with Gasteiger partial charge in [-0.3, -0.25) is 4.79 Å². The fourth-order valence-electron chi connectivity index (χ4n) is 1.81. The van der Waals surface area contributed by atoms with Gasteiger partial charge in [0.2, 0.25) is 5.91 Å². The number of alkyl halides is 1. The molecule has 0 saturated carbocycles. The lowest BCUT2D eigenvalue weighted by Crippen LogP contribution is -2.34. The predicted molar refractivity (Wildman–Crippen MR) is 61.1 cm³/mol. The zero-order chi connectivity index (χ0) is 11.1. The van der Waals surface area contributed by atoms with E-state index in [2.05, 4.69) is 5.32 Å². The molecule has 2 atom stereocenters. The third-order valence-corrected chi connectivity index (χ3v) is 3.09. The predicted octanol–water partition coefficient (Wildman–Crippen LogP) is 1.94. The van der Waals surface area contributed by atoms with Gasteiger partial charge in [-0.2, -0.15) is 0 Å². The van der Waals surface area contributed by atoms with Crippen molar-refractivity contribution in [2.45, 2.75) is 38.7 Å². The van der Waals surface area contributed by atoms with Gasteiger partial charge in [-0.1, -0.05) is 6.42 Å². The Balaban J connectivity index is 2.08. The van der Waals surface area contributed by atoms with Gasteiger partial charge < -0.3 is 10.1 Å². The Hall–Kier alpha value is -0.280. The smallest absolute Gasteiger partial charge is 0.225 e. The minimum absolute atomic E-state index is 0.0537. The summed E-state index contributed by atoms with van der Waals surface area (Å²) in [7, 11) is 0. The lowest BCUT2D eigenvalue weighted by atomic mass is 10.0. The molecular weight excluding hydrogens is 214 g/mol. The van der Waals surface area contributed by atoms with Crippen molar-refractivity contribution in [3.8, 4) is 0 Å². The average Bonchev–Trinajstić information content (AvgIpc) is 2.64. The van der Waals surface area contributed by atoms with E-state index < -0.39 is 0 Å². The Morgan fingerprint density at radius 2 is 2.27 bits per heavy atom. The average molecular weight is 234 g/mol. The van der Waals surface area contributed by atoms with Crippen molar-refractivity contribution in [3.63, 3.8) is 0 Å². The molecule has 0 bridgehead atoms. The highest BCUT2D eigenvalue weighted by Crippen LogP contribution is 2.20. The van der Waals surface area contributed by atoms with Crippen molar-refractivity contribution >= 4 is 17.5 Å². The number of rotatable bonds is 6. The Labute approximate surface area is 96.5 Å². The molecule has 1 aliphatic rings. The van der Waals surface area contributed by atoms with E-state index in [1.165, 1.54) is 0 Å². The van der Waals surface area contributed by atoms with Crippen LogP contribution in [0.1, 0.15) is 32.6 Å². The number of hydrogen-bond acceptors (Lipinski definition) is 2. The Bertz CT molecular complexity index is 199. The van der Waals surface area contributed by atoms with Crippen LogP contribution in [0.5, 0.6) is 0 Å². The third-order valence-electron chi connectivity index (χ3n) is 2.82. The first-order valence-electron chi connectivity index (χ1n) is 5.71. The standard InChI is InChI=1S/C11H20ClNO2/c1-9-10(5-8-15-9)11(14)13-7-4-2-3-6-12/h9-10H,2-8H2,1H3,(H,13,14). The molecule has 3 nitrogen and oxygen atoms in total. The van der Waals surface area contributed by atoms with E-state index in [0.29, 0.717) is 12.5 Å². The fourth-order valence-corrected chi connectivity index (χ4v) is 2.00. The van der Waals surface area contributed by atoms with Crippen molar-refractivity contribution in [1.82, 2.24) is 5.32 Å². The van der Waals surface area contributed by atoms with Gasteiger partial charge in [0.15, 0.2) is 0 Å². The molecule has 2 unspecified atom stereocenters. The number of unbranched alkanes of at least 4 members (excludes halogenated alkanes) is 2. The third kappa shape index (κ3) is 4.39. The van der Waals surface area contributed by atoms with Crippen molar-refractivity contribution in [3.05, 3.63) is 0 Å². The summed E-state index contributed by atoms with van der Waals surface area (Å²) in [6.45, 7) is 3.44. The van der Waals surface area contributed by atoms with Crippen LogP contribution in [0, 0.1) is 5.92 Å². The molecule has 0 spiro atoms. The molecule has 1 N–H and O–H groups in total. The highest BCUT2D eigenvalue weighted by Gasteiger charge is 2.30. The summed E-state index contributed by atoms with van der Waals surface area (Å²) in [6, 6.07) is 0. The molecule has 15 heavy (non-hydrogen) atoms. The largest absolute Gasteiger partial charge is 0.378 e. The second kappa shape index (κ2) is 7.07. The topological polar surface area (TPSA) is 38.3 Å². The second-order valence-electron chi connectivity index (χ2n) is 4.01. The first-order valence-corrected chi connectivity index (χ1v) is 6.24. The summed E-state index contributed by atoms with van der Waals surface area (Å²) in [6.07, 6.45) is 4.06. The van der Waals surface area contributed by atoms with Crippen LogP contribution in [0.4, 0.5) is 0 Å². The fraction of sp³-hybridized carbons (Fsp3) is 0.909. The molecular formula is C11H20ClNO2. The Kier molecular flexibility index (Phi) is 6.03. The molecule has 1 aliphatic heterocycles. The van der Waals surface area contributed by atoms with Gasteiger partial charge in [0.1, 0.15) is 0 Å². The van der Waals surface area contributed by atoms with Gasteiger partial charge >= 0.3 is 0 Å². The molecule has 0 aromatic rings. The van der Waals surface area contributed by atoms with Crippen LogP contribution in [-0.4, -0.2) is 31.0 Å². The SMILES string of the molecule is CC1OCCC1C(=O)NCCCCCCl. The van der Waals surface area contributed by atoms with E-state index in [0.717, 1.165) is 32.2 Å². The van der Waals surface area contributed by atoms with Crippen LogP contribution in [-0.2, 0) is 9.53 Å². The van der Waals surface area contributed by atoms with Gasteiger partial charge in [0.05, 0.1) is 12.0 Å². The molecule has 1 saturated heterocycles. The maximum absolute atomic E-state index is 11.7. The number of hydrogen-bond donors (Lipinski definition) is 1. The summed E-state index contributed by atoms with van der Waals surface area (Å²) in [5.74, 6) is 0.908. The summed E-state index contributed by atoms with van der Waals surface area (Å²) in [4.78, 5) is 11.7. The highest BCUT2D eigenvalue weighted by molar-refractivity contribution is 6.17. The van der Waals surface area contributed by atoms with E-state index in [1.54, 1.807) is 0 Å². The van der Waals surface area contributed by atoms with Crippen LogP contribution >= 0.6 is 11.6 Å². The maximum Gasteiger partial charge on any atom is 0.225 e. The maximum atomic E-state index is 11.7. The van der Waals surface area contributed by atoms with E-state index in [-0.39, 0.29) is 17.9 Å². The van der Waals surface area contributed by atoms with E-state index >= 15 is 0 Å². The zero-order valence-corrected chi connectivity index (χ0v) is 10.1. The molecule has 4 heteroatoms. The first kappa shape index (κ1) is 12.8. The molecule has 1 fully saturated rings. The zero-order valence-electron chi connectivity index (χ0n) is 9.30. The van der Waals surface area contributed by atoms with Crippen LogP contribution in [0.25, 0.3) is 0 Å². The molecule has 0 radical (unpaired) electrons. The Morgan fingerprint density at radius 3 is 2.87 bits per heavy atom. The summed E-state index contributed by atoms with van der Waals surface area (Å²) < 4.78 is 5.35. The summed E-state index contributed by atoms with van der Waals surface area (Å²) in [5, 5.41) is 2.95. The lowest BCUT2D eigenvalue weighted by molar-refractivity contribution is -0.126. The van der Waals surface area contributed by atoms with Gasteiger partial charge in [0.25, 0.3) is 0 Å². The minimum Gasteiger partial charge on any atom is -0.378 e. The van der Waals surface area contributed by atoms with Crippen molar-refractivity contribution in [2.75, 3.05) is 19.0 Å².